The van der Waals surface area contributed by atoms with Crippen LogP contribution in [0, 0.1) is 5.92 Å². The van der Waals surface area contributed by atoms with Crippen LogP contribution in [0.25, 0.3) is 10.9 Å². The maximum Gasteiger partial charge on any atom is 0.262 e. The van der Waals surface area contributed by atoms with Crippen molar-refractivity contribution in [1.82, 2.24) is 9.47 Å². The summed E-state index contributed by atoms with van der Waals surface area (Å²) in [6.45, 7) is 3.05. The van der Waals surface area contributed by atoms with Crippen LogP contribution >= 0.6 is 0 Å². The molecule has 4 heteroatoms. The number of ketones is 1. The molecule has 0 atom stereocenters. The van der Waals surface area contributed by atoms with Gasteiger partial charge in [0.25, 0.3) is 5.91 Å². The minimum atomic E-state index is -0.146. The number of carbonyl (C=O) groups is 2. The van der Waals surface area contributed by atoms with Crippen molar-refractivity contribution in [2.45, 2.75) is 25.8 Å². The van der Waals surface area contributed by atoms with Crippen molar-refractivity contribution in [3.8, 4) is 0 Å². The van der Waals surface area contributed by atoms with E-state index in [0.717, 1.165) is 54.5 Å². The zero-order chi connectivity index (χ0) is 23.8. The van der Waals surface area contributed by atoms with Crippen LogP contribution in [-0.4, -0.2) is 34.2 Å². The maximum absolute atomic E-state index is 13.7. The van der Waals surface area contributed by atoms with E-state index in [-0.39, 0.29) is 11.7 Å². The summed E-state index contributed by atoms with van der Waals surface area (Å²) in [4.78, 5) is 29.6. The van der Waals surface area contributed by atoms with E-state index in [1.807, 2.05) is 54.6 Å². The molecule has 4 aromatic rings. The fourth-order valence-electron chi connectivity index (χ4n) is 5.61. The van der Waals surface area contributed by atoms with Gasteiger partial charge in [-0.05, 0) is 61.2 Å². The van der Waals surface area contributed by atoms with Crippen molar-refractivity contribution in [3.05, 3.63) is 119 Å². The summed E-state index contributed by atoms with van der Waals surface area (Å²) in [7, 11) is 0. The van der Waals surface area contributed by atoms with Gasteiger partial charge in [-0.2, -0.15) is 0 Å². The lowest BCUT2D eigenvalue weighted by Gasteiger charge is -2.31. The van der Waals surface area contributed by atoms with Crippen molar-refractivity contribution in [2.75, 3.05) is 13.1 Å². The molecule has 1 aliphatic carbocycles. The highest BCUT2D eigenvalue weighted by Crippen LogP contribution is 2.37. The Morgan fingerprint density at radius 1 is 0.857 bits per heavy atom. The average molecular weight is 461 g/mol. The van der Waals surface area contributed by atoms with Crippen LogP contribution in [0.2, 0.25) is 0 Å². The molecule has 6 rings (SSSR count). The van der Waals surface area contributed by atoms with Crippen LogP contribution < -0.4 is 0 Å². The molecule has 0 spiro atoms. The summed E-state index contributed by atoms with van der Waals surface area (Å²) in [6.07, 6.45) is 4.91. The van der Waals surface area contributed by atoms with Gasteiger partial charge in [-0.25, -0.2) is 0 Å². The Morgan fingerprint density at radius 2 is 1.51 bits per heavy atom. The Hall–Kier alpha value is -3.76. The number of fused-ring (bicyclic) bond motifs is 3. The van der Waals surface area contributed by atoms with E-state index in [0.29, 0.717) is 23.6 Å². The van der Waals surface area contributed by atoms with Crippen molar-refractivity contribution in [2.24, 2.45) is 5.92 Å². The van der Waals surface area contributed by atoms with Crippen LogP contribution in [0.15, 0.2) is 96.6 Å². The monoisotopic (exact) mass is 460 g/mol. The van der Waals surface area contributed by atoms with Gasteiger partial charge in [0.05, 0.1) is 5.52 Å². The first-order valence-corrected chi connectivity index (χ1v) is 12.4. The van der Waals surface area contributed by atoms with Crippen LogP contribution in [0.4, 0.5) is 0 Å². The van der Waals surface area contributed by atoms with Gasteiger partial charge in [-0.3, -0.25) is 19.1 Å². The third kappa shape index (κ3) is 4.04. The summed E-state index contributed by atoms with van der Waals surface area (Å²) in [5.41, 5.74) is 5.13. The number of piperidine rings is 1. The largest absolute Gasteiger partial charge is 0.299 e. The molecule has 0 amide bonds. The first-order valence-electron chi connectivity index (χ1n) is 12.4. The summed E-state index contributed by atoms with van der Waals surface area (Å²) >= 11 is 0. The lowest BCUT2D eigenvalue weighted by atomic mass is 9.93. The number of hydrogen-bond acceptors (Lipinski definition) is 3. The van der Waals surface area contributed by atoms with Crippen LogP contribution in [0.5, 0.6) is 0 Å². The summed E-state index contributed by atoms with van der Waals surface area (Å²) in [5.74, 6) is 0.258. The van der Waals surface area contributed by atoms with Gasteiger partial charge in [0.2, 0.25) is 5.78 Å². The Balaban J connectivity index is 1.25. The smallest absolute Gasteiger partial charge is 0.262 e. The molecular formula is C31H28N2O2. The maximum atomic E-state index is 13.7. The highest BCUT2D eigenvalue weighted by molar-refractivity contribution is 6.20. The third-order valence-corrected chi connectivity index (χ3v) is 7.40. The highest BCUT2D eigenvalue weighted by atomic mass is 16.2. The number of Topliss-reactive ketones (excluding diaryl/α,β-unsaturated/α-hetero) is 1. The highest BCUT2D eigenvalue weighted by Gasteiger charge is 2.35. The third-order valence-electron chi connectivity index (χ3n) is 7.40. The normalized spacial score (nSPS) is 17.8. The van der Waals surface area contributed by atoms with Gasteiger partial charge < -0.3 is 0 Å². The predicted molar refractivity (Wildman–Crippen MR) is 139 cm³/mol. The molecule has 2 heterocycles. The molecule has 1 aromatic heterocycles. The zero-order valence-electron chi connectivity index (χ0n) is 19.7. The van der Waals surface area contributed by atoms with Crippen molar-refractivity contribution in [1.29, 1.82) is 0 Å². The number of hydrogen-bond donors (Lipinski definition) is 0. The second-order valence-electron chi connectivity index (χ2n) is 9.65. The van der Waals surface area contributed by atoms with E-state index in [2.05, 4.69) is 41.3 Å². The fraction of sp³-hybridized carbons (Fsp3) is 0.226. The average Bonchev–Trinajstić information content (AvgIpc) is 3.40. The molecule has 0 unspecified atom stereocenters. The van der Waals surface area contributed by atoms with E-state index in [9.17, 15) is 9.59 Å². The van der Waals surface area contributed by atoms with Gasteiger partial charge in [-0.1, -0.05) is 72.8 Å². The van der Waals surface area contributed by atoms with Crippen molar-refractivity contribution < 1.29 is 9.59 Å². The molecule has 2 aliphatic rings. The van der Waals surface area contributed by atoms with E-state index < -0.39 is 0 Å². The van der Waals surface area contributed by atoms with Gasteiger partial charge >= 0.3 is 0 Å². The molecule has 0 bridgehead atoms. The number of nitrogens with zero attached hydrogens (tertiary/aromatic N) is 2. The van der Waals surface area contributed by atoms with E-state index in [4.69, 9.17) is 0 Å². The molecule has 0 radical (unpaired) electrons. The number of rotatable bonds is 4. The van der Waals surface area contributed by atoms with Gasteiger partial charge in [0.1, 0.15) is 5.69 Å². The molecule has 1 fully saturated rings. The standard InChI is InChI=1S/C31H28N2O2/c34-30-25(19-22-15-17-32(18-16-22)21-23-9-3-1-4-10-23)20-27-26-13-7-8-14-28(26)33(29(27)30)31(35)24-11-5-2-6-12-24/h1-14,19,22H,15-18,20-21H2. The van der Waals surface area contributed by atoms with E-state index >= 15 is 0 Å². The first kappa shape index (κ1) is 21.8. The molecule has 0 N–H and O–H groups in total. The second-order valence-corrected chi connectivity index (χ2v) is 9.65. The minimum Gasteiger partial charge on any atom is -0.299 e. The Morgan fingerprint density at radius 3 is 2.26 bits per heavy atom. The quantitative estimate of drug-likeness (QED) is 0.356. The van der Waals surface area contributed by atoms with Crippen molar-refractivity contribution >= 4 is 22.6 Å². The molecule has 0 saturated carbocycles. The minimum absolute atomic E-state index is 0.00666. The Bertz CT molecular complexity index is 1430. The second kappa shape index (κ2) is 9.12. The molecule has 1 saturated heterocycles. The first-order chi connectivity index (χ1) is 17.2. The van der Waals surface area contributed by atoms with Gasteiger partial charge in [-0.15, -0.1) is 0 Å². The number of likely N-dealkylation sites (tertiary alicyclic amines) is 1. The molecule has 1 aliphatic heterocycles. The lowest BCUT2D eigenvalue weighted by Crippen LogP contribution is -2.32. The topological polar surface area (TPSA) is 42.3 Å². The van der Waals surface area contributed by atoms with Crippen LogP contribution in [-0.2, 0) is 13.0 Å². The van der Waals surface area contributed by atoms with Gasteiger partial charge in [0, 0.05) is 29.5 Å². The molecule has 35 heavy (non-hydrogen) atoms. The lowest BCUT2D eigenvalue weighted by molar-refractivity contribution is 0.0939. The SMILES string of the molecule is O=C1C(=CC2CCN(Cc3ccccc3)CC2)Cc2c1n(C(=O)c1ccccc1)c1ccccc21. The fourth-order valence-corrected chi connectivity index (χ4v) is 5.61. The molecular weight excluding hydrogens is 432 g/mol. The Kier molecular flexibility index (Phi) is 5.67. The van der Waals surface area contributed by atoms with Crippen LogP contribution in [0.3, 0.4) is 0 Å². The zero-order valence-corrected chi connectivity index (χ0v) is 19.7. The number of allylic oxidation sites excluding steroid dienone is 2. The number of aromatic nitrogens is 1. The van der Waals surface area contributed by atoms with E-state index in [1.165, 1.54) is 5.56 Å². The Labute approximate surface area is 205 Å². The number of carbonyl (C=O) groups excluding carboxylic acids is 2. The number of benzene rings is 3. The van der Waals surface area contributed by atoms with Crippen molar-refractivity contribution in [3.63, 3.8) is 0 Å². The van der Waals surface area contributed by atoms with Gasteiger partial charge in [0.15, 0.2) is 0 Å². The predicted octanol–water partition coefficient (Wildman–Crippen LogP) is 5.91. The van der Waals surface area contributed by atoms with E-state index in [1.54, 1.807) is 4.57 Å². The summed E-state index contributed by atoms with van der Waals surface area (Å²) in [6, 6.07) is 27.7. The summed E-state index contributed by atoms with van der Waals surface area (Å²) in [5, 5.41) is 1.00. The number of para-hydroxylation sites is 1. The van der Waals surface area contributed by atoms with Crippen LogP contribution in [0.1, 0.15) is 44.8 Å². The molecule has 4 nitrogen and oxygen atoms in total. The molecule has 174 valence electrons. The molecule has 3 aromatic carbocycles. The summed E-state index contributed by atoms with van der Waals surface area (Å²) < 4.78 is 1.64.